The molecule has 2 rings (SSSR count). The Morgan fingerprint density at radius 1 is 1.32 bits per heavy atom. The lowest BCUT2D eigenvalue weighted by Crippen LogP contribution is -2.27. The number of hydrogen-bond donors (Lipinski definition) is 1. The van der Waals surface area contributed by atoms with Gasteiger partial charge in [0.25, 0.3) is 5.91 Å². The maximum Gasteiger partial charge on any atom is 0.262 e. The molecule has 0 spiro atoms. The fourth-order valence-corrected chi connectivity index (χ4v) is 2.81. The minimum atomic E-state index is -0.399. The largest absolute Gasteiger partial charge is 0.493 e. The third-order valence-corrected chi connectivity index (χ3v) is 4.20. The molecule has 0 aromatic heterocycles. The van der Waals surface area contributed by atoms with Crippen molar-refractivity contribution in [3.8, 4) is 11.8 Å². The Kier molecular flexibility index (Phi) is 6.79. The van der Waals surface area contributed by atoms with Crippen LogP contribution in [0.15, 0.2) is 58.6 Å². The van der Waals surface area contributed by atoms with E-state index in [0.29, 0.717) is 6.61 Å². The van der Waals surface area contributed by atoms with Crippen molar-refractivity contribution in [1.82, 2.24) is 5.32 Å². The molecule has 1 amide bonds. The standard InChI is InChI=1S/C20H19BrN2O2/c1-3-25-19-10-9-15(12-18(19)21)11-17(13-22)20(24)23-14(2)16-7-5-4-6-8-16/h4-12,14H,3H2,1-2H3,(H,23,24)/b17-11-/t14-/m1/s1. The molecule has 0 aliphatic heterocycles. The van der Waals surface area contributed by atoms with Crippen LogP contribution in [0, 0.1) is 11.3 Å². The van der Waals surface area contributed by atoms with Crippen molar-refractivity contribution in [3.63, 3.8) is 0 Å². The van der Waals surface area contributed by atoms with E-state index in [1.165, 1.54) is 0 Å². The van der Waals surface area contributed by atoms with Crippen LogP contribution in [0.4, 0.5) is 0 Å². The fourth-order valence-electron chi connectivity index (χ4n) is 2.29. The molecular weight excluding hydrogens is 380 g/mol. The molecule has 2 aromatic rings. The first-order valence-corrected chi connectivity index (χ1v) is 8.74. The average Bonchev–Trinajstić information content (AvgIpc) is 2.62. The van der Waals surface area contributed by atoms with Crippen molar-refractivity contribution >= 4 is 27.9 Å². The molecule has 0 aliphatic carbocycles. The van der Waals surface area contributed by atoms with Crippen molar-refractivity contribution < 1.29 is 9.53 Å². The van der Waals surface area contributed by atoms with Crippen molar-refractivity contribution in [3.05, 3.63) is 69.7 Å². The van der Waals surface area contributed by atoms with E-state index in [4.69, 9.17) is 4.74 Å². The number of halogens is 1. The zero-order chi connectivity index (χ0) is 18.2. The molecule has 5 heteroatoms. The van der Waals surface area contributed by atoms with E-state index in [0.717, 1.165) is 21.3 Å². The highest BCUT2D eigenvalue weighted by Gasteiger charge is 2.14. The van der Waals surface area contributed by atoms with Gasteiger partial charge in [0.2, 0.25) is 0 Å². The summed E-state index contributed by atoms with van der Waals surface area (Å²) in [5.41, 5.74) is 1.78. The minimum absolute atomic E-state index is 0.0545. The zero-order valence-corrected chi connectivity index (χ0v) is 15.7. The topological polar surface area (TPSA) is 62.1 Å². The Hall–Kier alpha value is -2.58. The number of benzene rings is 2. The molecule has 4 nitrogen and oxygen atoms in total. The summed E-state index contributed by atoms with van der Waals surface area (Å²) in [6.45, 7) is 4.36. The van der Waals surface area contributed by atoms with Gasteiger partial charge in [-0.1, -0.05) is 36.4 Å². The second-order valence-electron chi connectivity index (χ2n) is 5.40. The van der Waals surface area contributed by atoms with Gasteiger partial charge >= 0.3 is 0 Å². The van der Waals surface area contributed by atoms with Crippen LogP contribution in [0.3, 0.4) is 0 Å². The van der Waals surface area contributed by atoms with E-state index >= 15 is 0 Å². The highest BCUT2D eigenvalue weighted by atomic mass is 79.9. The van der Waals surface area contributed by atoms with Crippen LogP contribution in [0.2, 0.25) is 0 Å². The number of nitriles is 1. The normalized spacial score (nSPS) is 12.2. The number of carbonyl (C=O) groups is 1. The van der Waals surface area contributed by atoms with Crippen LogP contribution in [0.25, 0.3) is 6.08 Å². The Balaban J connectivity index is 2.15. The molecule has 128 valence electrons. The minimum Gasteiger partial charge on any atom is -0.493 e. The molecule has 0 radical (unpaired) electrons. The first kappa shape index (κ1) is 18.8. The molecule has 0 heterocycles. The van der Waals surface area contributed by atoms with E-state index in [9.17, 15) is 10.1 Å². The van der Waals surface area contributed by atoms with Crippen molar-refractivity contribution in [2.45, 2.75) is 19.9 Å². The van der Waals surface area contributed by atoms with Gasteiger partial charge in [0.05, 0.1) is 17.1 Å². The predicted molar refractivity (Wildman–Crippen MR) is 102 cm³/mol. The quantitative estimate of drug-likeness (QED) is 0.569. The lowest BCUT2D eigenvalue weighted by molar-refractivity contribution is -0.117. The number of carbonyl (C=O) groups excluding carboxylic acids is 1. The van der Waals surface area contributed by atoms with Gasteiger partial charge < -0.3 is 10.1 Å². The number of nitrogens with zero attached hydrogens (tertiary/aromatic N) is 1. The molecule has 0 fully saturated rings. The van der Waals surface area contributed by atoms with Crippen molar-refractivity contribution in [1.29, 1.82) is 5.26 Å². The third-order valence-electron chi connectivity index (χ3n) is 3.58. The number of ether oxygens (including phenoxy) is 1. The zero-order valence-electron chi connectivity index (χ0n) is 14.1. The fraction of sp³-hybridized carbons (Fsp3) is 0.200. The third kappa shape index (κ3) is 5.20. The summed E-state index contributed by atoms with van der Waals surface area (Å²) in [6.07, 6.45) is 1.56. The monoisotopic (exact) mass is 398 g/mol. The number of nitrogens with one attached hydrogen (secondary N) is 1. The van der Waals surface area contributed by atoms with Gasteiger partial charge in [-0.05, 0) is 59.1 Å². The lowest BCUT2D eigenvalue weighted by atomic mass is 10.1. The van der Waals surface area contributed by atoms with Crippen molar-refractivity contribution in [2.24, 2.45) is 0 Å². The van der Waals surface area contributed by atoms with Gasteiger partial charge in [0.15, 0.2) is 0 Å². The summed E-state index contributed by atoms with van der Waals surface area (Å²) in [7, 11) is 0. The Bertz CT molecular complexity index is 810. The van der Waals surface area contributed by atoms with Crippen molar-refractivity contribution in [2.75, 3.05) is 6.61 Å². The summed E-state index contributed by atoms with van der Waals surface area (Å²) in [6, 6.07) is 16.8. The lowest BCUT2D eigenvalue weighted by Gasteiger charge is -2.13. The van der Waals surface area contributed by atoms with E-state index in [1.54, 1.807) is 18.2 Å². The summed E-state index contributed by atoms with van der Waals surface area (Å²) in [5, 5.41) is 12.2. The molecular formula is C20H19BrN2O2. The maximum atomic E-state index is 12.4. The molecule has 1 N–H and O–H groups in total. The first-order chi connectivity index (χ1) is 12.0. The van der Waals surface area contributed by atoms with Crippen LogP contribution < -0.4 is 10.1 Å². The number of rotatable bonds is 6. The molecule has 1 atom stereocenters. The maximum absolute atomic E-state index is 12.4. The molecule has 2 aromatic carbocycles. The summed E-state index contributed by atoms with van der Waals surface area (Å²) < 4.78 is 6.24. The van der Waals surface area contributed by atoms with Gasteiger partial charge in [0.1, 0.15) is 17.4 Å². The second-order valence-corrected chi connectivity index (χ2v) is 6.25. The van der Waals surface area contributed by atoms with Crippen LogP contribution in [-0.2, 0) is 4.79 Å². The van der Waals surface area contributed by atoms with Crippen LogP contribution in [0.1, 0.15) is 31.0 Å². The van der Waals surface area contributed by atoms with Gasteiger partial charge in [-0.3, -0.25) is 4.79 Å². The van der Waals surface area contributed by atoms with E-state index in [-0.39, 0.29) is 11.6 Å². The summed E-state index contributed by atoms with van der Waals surface area (Å²) in [5.74, 6) is 0.323. The van der Waals surface area contributed by atoms with Gasteiger partial charge in [-0.2, -0.15) is 5.26 Å². The molecule has 25 heavy (non-hydrogen) atoms. The number of amides is 1. The predicted octanol–water partition coefficient (Wildman–Crippen LogP) is 4.63. The highest BCUT2D eigenvalue weighted by Crippen LogP contribution is 2.27. The molecule has 0 saturated heterocycles. The average molecular weight is 399 g/mol. The summed E-state index contributed by atoms with van der Waals surface area (Å²) >= 11 is 3.43. The van der Waals surface area contributed by atoms with E-state index in [2.05, 4.69) is 21.2 Å². The van der Waals surface area contributed by atoms with Gasteiger partial charge in [0, 0.05) is 0 Å². The Morgan fingerprint density at radius 2 is 2.04 bits per heavy atom. The van der Waals surface area contributed by atoms with Crippen LogP contribution in [-0.4, -0.2) is 12.5 Å². The second kappa shape index (κ2) is 9.05. The molecule has 0 bridgehead atoms. The molecule has 0 saturated carbocycles. The SMILES string of the molecule is CCOc1ccc(/C=C(/C#N)C(=O)N[C@H](C)c2ccccc2)cc1Br. The summed E-state index contributed by atoms with van der Waals surface area (Å²) in [4.78, 5) is 12.4. The molecule has 0 aliphatic rings. The van der Waals surface area contributed by atoms with Gasteiger partial charge in [-0.15, -0.1) is 0 Å². The Labute approximate surface area is 156 Å². The van der Waals surface area contributed by atoms with Crippen LogP contribution >= 0.6 is 15.9 Å². The van der Waals surface area contributed by atoms with E-state index < -0.39 is 5.91 Å². The van der Waals surface area contributed by atoms with E-state index in [1.807, 2.05) is 56.3 Å². The molecule has 0 unspecified atom stereocenters. The number of hydrogen-bond acceptors (Lipinski definition) is 3. The smallest absolute Gasteiger partial charge is 0.262 e. The van der Waals surface area contributed by atoms with Gasteiger partial charge in [-0.25, -0.2) is 0 Å². The first-order valence-electron chi connectivity index (χ1n) is 7.95. The van der Waals surface area contributed by atoms with Crippen LogP contribution in [0.5, 0.6) is 5.75 Å². The Morgan fingerprint density at radius 3 is 2.64 bits per heavy atom. The highest BCUT2D eigenvalue weighted by molar-refractivity contribution is 9.10.